The van der Waals surface area contributed by atoms with E-state index in [0.29, 0.717) is 6.04 Å². The lowest BCUT2D eigenvalue weighted by molar-refractivity contribution is 0.120. The molecule has 6 heteroatoms. The fraction of sp³-hybridized carbons (Fsp3) is 0.941. The highest BCUT2D eigenvalue weighted by Gasteiger charge is 2.18. The predicted molar refractivity (Wildman–Crippen MR) is 112 cm³/mol. The molecule has 0 aromatic carbocycles. The van der Waals surface area contributed by atoms with Gasteiger partial charge in [0.15, 0.2) is 5.96 Å². The molecule has 0 bridgehead atoms. The van der Waals surface area contributed by atoms with Crippen LogP contribution in [0.2, 0.25) is 0 Å². The van der Waals surface area contributed by atoms with E-state index >= 15 is 0 Å². The first kappa shape index (κ1) is 22.9. The first-order valence-electron chi connectivity index (χ1n) is 8.90. The number of aliphatic imine (C=N–C) groups is 1. The lowest BCUT2D eigenvalue weighted by Crippen LogP contribution is -2.52. The summed E-state index contributed by atoms with van der Waals surface area (Å²) in [6.07, 6.45) is 3.82. The molecule has 0 aliphatic carbocycles. The number of guanidine groups is 1. The average molecular weight is 439 g/mol. The molecule has 5 nitrogen and oxygen atoms in total. The number of halogens is 1. The zero-order chi connectivity index (χ0) is 16.4. The molecule has 1 aliphatic rings. The molecule has 0 aromatic heterocycles. The molecule has 0 aromatic rings. The Bertz CT molecular complexity index is 314. The Morgan fingerprint density at radius 3 is 2.26 bits per heavy atom. The molecular weight excluding hydrogens is 401 g/mol. The van der Waals surface area contributed by atoms with Crippen LogP contribution in [0.25, 0.3) is 0 Å². The Morgan fingerprint density at radius 2 is 1.70 bits per heavy atom. The molecule has 0 saturated carbocycles. The summed E-state index contributed by atoms with van der Waals surface area (Å²) < 4.78 is 0. The molecule has 138 valence electrons. The van der Waals surface area contributed by atoms with E-state index < -0.39 is 0 Å². The summed E-state index contributed by atoms with van der Waals surface area (Å²) >= 11 is 0. The van der Waals surface area contributed by atoms with Crippen molar-refractivity contribution in [2.75, 3.05) is 53.4 Å². The quantitative estimate of drug-likeness (QED) is 0.264. The zero-order valence-electron chi connectivity index (χ0n) is 15.8. The lowest BCUT2D eigenvalue weighted by atomic mass is 10.1. The number of likely N-dealkylation sites (N-methyl/N-ethyl adjacent to an activating group) is 1. The molecule has 1 atom stereocenters. The van der Waals surface area contributed by atoms with Crippen molar-refractivity contribution in [1.29, 1.82) is 0 Å². The Balaban J connectivity index is 0.00000484. The fourth-order valence-corrected chi connectivity index (χ4v) is 2.74. The van der Waals surface area contributed by atoms with Gasteiger partial charge in [-0.05, 0) is 26.3 Å². The first-order chi connectivity index (χ1) is 10.5. The summed E-state index contributed by atoms with van der Waals surface area (Å²) in [4.78, 5) is 9.27. The van der Waals surface area contributed by atoms with E-state index in [1.54, 1.807) is 0 Å². The van der Waals surface area contributed by atoms with E-state index in [0.717, 1.165) is 25.0 Å². The van der Waals surface area contributed by atoms with Crippen molar-refractivity contribution in [2.45, 2.75) is 46.1 Å². The minimum Gasteiger partial charge on any atom is -0.356 e. The molecule has 1 saturated heterocycles. The van der Waals surface area contributed by atoms with Gasteiger partial charge < -0.3 is 15.5 Å². The SMILES string of the molecule is CN=C(NCCCCC(C)C)NCC(C)N1CCN(C)CC1.I. The van der Waals surface area contributed by atoms with Crippen LogP contribution in [0, 0.1) is 5.92 Å². The maximum Gasteiger partial charge on any atom is 0.191 e. The molecule has 1 rings (SSSR count). The molecule has 1 fully saturated rings. The number of hydrogen-bond donors (Lipinski definition) is 2. The molecule has 2 N–H and O–H groups in total. The minimum atomic E-state index is 0. The third-order valence-corrected chi connectivity index (χ3v) is 4.45. The summed E-state index contributed by atoms with van der Waals surface area (Å²) in [7, 11) is 4.05. The van der Waals surface area contributed by atoms with Gasteiger partial charge in [-0.2, -0.15) is 0 Å². The summed E-state index contributed by atoms with van der Waals surface area (Å²) in [5, 5.41) is 6.88. The largest absolute Gasteiger partial charge is 0.356 e. The van der Waals surface area contributed by atoms with Crippen LogP contribution in [-0.4, -0.2) is 75.2 Å². The Kier molecular flexibility index (Phi) is 13.2. The molecular formula is C17H38IN5. The normalized spacial score (nSPS) is 18.6. The molecule has 0 amide bonds. The molecule has 1 heterocycles. The number of rotatable bonds is 8. The van der Waals surface area contributed by atoms with Crippen LogP contribution in [0.3, 0.4) is 0 Å². The van der Waals surface area contributed by atoms with Gasteiger partial charge >= 0.3 is 0 Å². The molecule has 1 aliphatic heterocycles. The van der Waals surface area contributed by atoms with E-state index in [1.165, 1.54) is 45.4 Å². The topological polar surface area (TPSA) is 42.9 Å². The van der Waals surface area contributed by atoms with Crippen molar-refractivity contribution in [3.8, 4) is 0 Å². The Morgan fingerprint density at radius 1 is 1.04 bits per heavy atom. The maximum absolute atomic E-state index is 4.32. The summed E-state index contributed by atoms with van der Waals surface area (Å²) in [6.45, 7) is 13.5. The standard InChI is InChI=1S/C17H37N5.HI/c1-15(2)8-6-7-9-19-17(18-4)20-14-16(3)22-12-10-21(5)11-13-22;/h15-16H,6-14H2,1-5H3,(H2,18,19,20);1H. The van der Waals surface area contributed by atoms with Crippen LogP contribution >= 0.6 is 24.0 Å². The number of unbranched alkanes of at least 4 members (excludes halogenated alkanes) is 1. The van der Waals surface area contributed by atoms with Crippen LogP contribution in [-0.2, 0) is 0 Å². The third-order valence-electron chi connectivity index (χ3n) is 4.45. The molecule has 23 heavy (non-hydrogen) atoms. The minimum absolute atomic E-state index is 0. The van der Waals surface area contributed by atoms with Gasteiger partial charge in [0.2, 0.25) is 0 Å². The maximum atomic E-state index is 4.32. The first-order valence-corrected chi connectivity index (χ1v) is 8.90. The summed E-state index contributed by atoms with van der Waals surface area (Å²) in [5.74, 6) is 1.74. The summed E-state index contributed by atoms with van der Waals surface area (Å²) in [5.41, 5.74) is 0. The average Bonchev–Trinajstić information content (AvgIpc) is 2.50. The fourth-order valence-electron chi connectivity index (χ4n) is 2.74. The van der Waals surface area contributed by atoms with Gasteiger partial charge in [0.1, 0.15) is 0 Å². The molecule has 0 radical (unpaired) electrons. The van der Waals surface area contributed by atoms with Crippen LogP contribution < -0.4 is 10.6 Å². The van der Waals surface area contributed by atoms with Gasteiger partial charge in [0.05, 0.1) is 0 Å². The van der Waals surface area contributed by atoms with Crippen molar-refractivity contribution in [1.82, 2.24) is 20.4 Å². The summed E-state index contributed by atoms with van der Waals surface area (Å²) in [6, 6.07) is 0.549. The third kappa shape index (κ3) is 10.4. The zero-order valence-corrected chi connectivity index (χ0v) is 18.1. The predicted octanol–water partition coefficient (Wildman–Crippen LogP) is 2.23. The van der Waals surface area contributed by atoms with Crippen molar-refractivity contribution in [2.24, 2.45) is 10.9 Å². The van der Waals surface area contributed by atoms with Crippen LogP contribution in [0.4, 0.5) is 0 Å². The van der Waals surface area contributed by atoms with Gasteiger partial charge in [-0.1, -0.05) is 26.7 Å². The Hall–Kier alpha value is -0.0800. The van der Waals surface area contributed by atoms with Crippen LogP contribution in [0.5, 0.6) is 0 Å². The monoisotopic (exact) mass is 439 g/mol. The highest BCUT2D eigenvalue weighted by Crippen LogP contribution is 2.05. The van der Waals surface area contributed by atoms with Crippen molar-refractivity contribution in [3.63, 3.8) is 0 Å². The highest BCUT2D eigenvalue weighted by molar-refractivity contribution is 14.0. The van der Waals surface area contributed by atoms with E-state index in [9.17, 15) is 0 Å². The smallest absolute Gasteiger partial charge is 0.191 e. The van der Waals surface area contributed by atoms with E-state index in [2.05, 4.69) is 53.2 Å². The molecule has 0 spiro atoms. The van der Waals surface area contributed by atoms with Crippen molar-refractivity contribution in [3.05, 3.63) is 0 Å². The van der Waals surface area contributed by atoms with E-state index in [1.807, 2.05) is 7.05 Å². The number of nitrogens with zero attached hydrogens (tertiary/aromatic N) is 3. The van der Waals surface area contributed by atoms with Gasteiger partial charge in [-0.25, -0.2) is 0 Å². The highest BCUT2D eigenvalue weighted by atomic mass is 127. The van der Waals surface area contributed by atoms with Crippen LogP contribution in [0.1, 0.15) is 40.0 Å². The number of hydrogen-bond acceptors (Lipinski definition) is 3. The second kappa shape index (κ2) is 13.2. The van der Waals surface area contributed by atoms with Crippen LogP contribution in [0.15, 0.2) is 4.99 Å². The van der Waals surface area contributed by atoms with Gasteiger partial charge in [0, 0.05) is 52.4 Å². The number of nitrogens with one attached hydrogen (secondary N) is 2. The second-order valence-electron chi connectivity index (χ2n) is 6.96. The van der Waals surface area contributed by atoms with E-state index in [4.69, 9.17) is 0 Å². The van der Waals surface area contributed by atoms with Gasteiger partial charge in [-0.15, -0.1) is 24.0 Å². The van der Waals surface area contributed by atoms with Crippen molar-refractivity contribution < 1.29 is 0 Å². The van der Waals surface area contributed by atoms with Crippen molar-refractivity contribution >= 4 is 29.9 Å². The van der Waals surface area contributed by atoms with Gasteiger partial charge in [0.25, 0.3) is 0 Å². The number of piperazine rings is 1. The second-order valence-corrected chi connectivity index (χ2v) is 6.96. The molecule has 1 unspecified atom stereocenters. The van der Waals surface area contributed by atoms with Gasteiger partial charge in [-0.3, -0.25) is 9.89 Å². The lowest BCUT2D eigenvalue weighted by Gasteiger charge is -2.36. The van der Waals surface area contributed by atoms with E-state index in [-0.39, 0.29) is 24.0 Å². The Labute approximate surface area is 160 Å².